The molecule has 0 aromatic heterocycles. The number of para-hydroxylation sites is 1. The van der Waals surface area contributed by atoms with Crippen molar-refractivity contribution in [1.29, 1.82) is 0 Å². The molecule has 3 aromatic carbocycles. The van der Waals surface area contributed by atoms with E-state index in [9.17, 15) is 4.79 Å². The largest absolute Gasteiger partial charge is 0.484 e. The number of amides is 1. The van der Waals surface area contributed by atoms with Crippen molar-refractivity contribution < 1.29 is 14.3 Å². The second kappa shape index (κ2) is 10.9. The third-order valence-corrected chi connectivity index (χ3v) is 7.49. The van der Waals surface area contributed by atoms with Crippen molar-refractivity contribution in [2.24, 2.45) is 5.10 Å². The van der Waals surface area contributed by atoms with Gasteiger partial charge in [0.1, 0.15) is 17.2 Å². The van der Waals surface area contributed by atoms with Gasteiger partial charge in [0.25, 0.3) is 5.91 Å². The molecule has 4 rings (SSSR count). The highest BCUT2D eigenvalue weighted by Crippen LogP contribution is 2.45. The molecule has 158 valence electrons. The van der Waals surface area contributed by atoms with Crippen LogP contribution in [0.1, 0.15) is 15.7 Å². The molecule has 0 atom stereocenters. The van der Waals surface area contributed by atoms with Gasteiger partial charge in [0.2, 0.25) is 0 Å². The molecule has 1 aliphatic heterocycles. The zero-order valence-electron chi connectivity index (χ0n) is 16.8. The van der Waals surface area contributed by atoms with Gasteiger partial charge in [0.05, 0.1) is 10.8 Å². The first-order valence-corrected chi connectivity index (χ1v) is 12.0. The predicted molar refractivity (Wildman–Crippen MR) is 128 cm³/mol. The molecule has 5 nitrogen and oxygen atoms in total. The van der Waals surface area contributed by atoms with Crippen LogP contribution in [-0.4, -0.2) is 30.2 Å². The molecule has 1 heterocycles. The van der Waals surface area contributed by atoms with Crippen molar-refractivity contribution in [3.8, 4) is 17.2 Å². The number of nitrogens with one attached hydrogen (secondary N) is 1. The normalized spacial score (nSPS) is 13.9. The fraction of sp³-hybridized carbons (Fsp3) is 0.167. The van der Waals surface area contributed by atoms with E-state index in [1.54, 1.807) is 6.21 Å². The van der Waals surface area contributed by atoms with Crippen LogP contribution in [0, 0.1) is 0 Å². The minimum Gasteiger partial charge on any atom is -0.484 e. The van der Waals surface area contributed by atoms with E-state index in [1.807, 2.05) is 90.3 Å². The Morgan fingerprint density at radius 2 is 1.68 bits per heavy atom. The number of hydrogen-bond donors (Lipinski definition) is 1. The maximum absolute atomic E-state index is 12.0. The second-order valence-corrected chi connectivity index (χ2v) is 9.44. The third kappa shape index (κ3) is 6.54. The molecular weight excluding hydrogens is 428 g/mol. The first-order valence-electron chi connectivity index (χ1n) is 9.87. The minimum absolute atomic E-state index is 0.0965. The lowest BCUT2D eigenvalue weighted by molar-refractivity contribution is -0.123. The van der Waals surface area contributed by atoms with Crippen LogP contribution >= 0.6 is 23.5 Å². The van der Waals surface area contributed by atoms with Gasteiger partial charge in [-0.2, -0.15) is 5.10 Å². The number of thioether (sulfide) groups is 2. The van der Waals surface area contributed by atoms with Crippen LogP contribution in [-0.2, 0) is 4.79 Å². The average Bonchev–Trinajstić information content (AvgIpc) is 3.34. The number of hydrazone groups is 1. The molecule has 1 aliphatic rings. The second-order valence-electron chi connectivity index (χ2n) is 6.71. The fourth-order valence-corrected chi connectivity index (χ4v) is 5.77. The van der Waals surface area contributed by atoms with E-state index in [0.29, 0.717) is 16.1 Å². The summed E-state index contributed by atoms with van der Waals surface area (Å²) in [4.78, 5) is 12.0. The van der Waals surface area contributed by atoms with Gasteiger partial charge >= 0.3 is 0 Å². The zero-order valence-corrected chi connectivity index (χ0v) is 18.4. The molecule has 31 heavy (non-hydrogen) atoms. The average molecular weight is 451 g/mol. The van der Waals surface area contributed by atoms with Gasteiger partial charge in [0, 0.05) is 11.5 Å². The van der Waals surface area contributed by atoms with E-state index in [1.165, 1.54) is 17.1 Å². The van der Waals surface area contributed by atoms with Crippen LogP contribution in [0.25, 0.3) is 0 Å². The lowest BCUT2D eigenvalue weighted by atomic mass is 10.2. The molecule has 0 aliphatic carbocycles. The Morgan fingerprint density at radius 1 is 0.935 bits per heavy atom. The molecule has 1 amide bonds. The van der Waals surface area contributed by atoms with Crippen LogP contribution < -0.4 is 14.9 Å². The van der Waals surface area contributed by atoms with E-state index in [0.717, 1.165) is 11.3 Å². The molecule has 0 saturated carbocycles. The summed E-state index contributed by atoms with van der Waals surface area (Å²) in [5.74, 6) is 4.19. The summed E-state index contributed by atoms with van der Waals surface area (Å²) in [6.07, 6.45) is 1.57. The van der Waals surface area contributed by atoms with E-state index in [2.05, 4.69) is 22.7 Å². The van der Waals surface area contributed by atoms with Crippen molar-refractivity contribution >= 4 is 35.6 Å². The Balaban J connectivity index is 1.23. The molecule has 0 unspecified atom stereocenters. The molecule has 3 aromatic rings. The smallest absolute Gasteiger partial charge is 0.277 e. The first kappa shape index (κ1) is 21.3. The van der Waals surface area contributed by atoms with Gasteiger partial charge in [-0.05, 0) is 47.5 Å². The maximum atomic E-state index is 12.0. The molecule has 7 heteroatoms. The van der Waals surface area contributed by atoms with E-state index in [4.69, 9.17) is 9.47 Å². The third-order valence-electron chi connectivity index (χ3n) is 4.38. The molecule has 1 saturated heterocycles. The summed E-state index contributed by atoms with van der Waals surface area (Å²) < 4.78 is 11.9. The van der Waals surface area contributed by atoms with Gasteiger partial charge in [-0.15, -0.1) is 23.5 Å². The molecule has 0 spiro atoms. The van der Waals surface area contributed by atoms with Gasteiger partial charge in [0.15, 0.2) is 6.61 Å². The number of hydrogen-bond acceptors (Lipinski definition) is 6. The Bertz CT molecular complexity index is 1020. The summed E-state index contributed by atoms with van der Waals surface area (Å²) in [5, 5.41) is 4.00. The van der Waals surface area contributed by atoms with Crippen LogP contribution in [0.3, 0.4) is 0 Å². The van der Waals surface area contributed by atoms with E-state index >= 15 is 0 Å². The lowest BCUT2D eigenvalue weighted by Gasteiger charge is -2.10. The van der Waals surface area contributed by atoms with Crippen molar-refractivity contribution in [1.82, 2.24) is 5.43 Å². The van der Waals surface area contributed by atoms with Gasteiger partial charge in [-0.3, -0.25) is 4.79 Å². The minimum atomic E-state index is -0.320. The van der Waals surface area contributed by atoms with Crippen molar-refractivity contribution in [2.75, 3.05) is 18.1 Å². The summed E-state index contributed by atoms with van der Waals surface area (Å²) in [6.45, 7) is -0.0965. The quantitative estimate of drug-likeness (QED) is 0.363. The summed E-state index contributed by atoms with van der Waals surface area (Å²) in [7, 11) is 0. The van der Waals surface area contributed by atoms with Gasteiger partial charge < -0.3 is 9.47 Å². The summed E-state index contributed by atoms with van der Waals surface area (Å²) in [5.41, 5.74) is 4.58. The van der Waals surface area contributed by atoms with Crippen LogP contribution in [0.5, 0.6) is 17.2 Å². The lowest BCUT2D eigenvalue weighted by Crippen LogP contribution is -2.24. The number of nitrogens with zero attached hydrogens (tertiary/aromatic N) is 1. The highest BCUT2D eigenvalue weighted by atomic mass is 32.2. The topological polar surface area (TPSA) is 59.9 Å². The molecule has 0 bridgehead atoms. The molecule has 1 fully saturated rings. The maximum Gasteiger partial charge on any atom is 0.277 e. The monoisotopic (exact) mass is 450 g/mol. The predicted octanol–water partition coefficient (Wildman–Crippen LogP) is 5.49. The van der Waals surface area contributed by atoms with Crippen LogP contribution in [0.2, 0.25) is 0 Å². The number of rotatable bonds is 8. The van der Waals surface area contributed by atoms with Crippen molar-refractivity contribution in [3.05, 3.63) is 90.0 Å². The zero-order chi connectivity index (χ0) is 21.3. The van der Waals surface area contributed by atoms with Crippen molar-refractivity contribution in [3.63, 3.8) is 0 Å². The highest BCUT2D eigenvalue weighted by molar-refractivity contribution is 8.19. The number of ether oxygens (including phenoxy) is 2. The number of benzene rings is 3. The standard InChI is InChI=1S/C24H22N2O3S2/c27-23(17-28-20-11-9-19(10-12-20)24-30-13-14-31-24)26-25-16-18-5-4-8-22(15-18)29-21-6-2-1-3-7-21/h1-12,15-16,24H,13-14,17H2,(H,26,27)/b25-16-. The van der Waals surface area contributed by atoms with Crippen molar-refractivity contribution in [2.45, 2.75) is 4.58 Å². The van der Waals surface area contributed by atoms with Crippen LogP contribution in [0.15, 0.2) is 84.0 Å². The van der Waals surface area contributed by atoms with Gasteiger partial charge in [-0.1, -0.05) is 42.5 Å². The Kier molecular flexibility index (Phi) is 7.52. The number of carbonyl (C=O) groups is 1. The molecular formula is C24H22N2O3S2. The first-order chi connectivity index (χ1) is 15.3. The summed E-state index contributed by atoms with van der Waals surface area (Å²) >= 11 is 3.92. The summed E-state index contributed by atoms with van der Waals surface area (Å²) in [6, 6.07) is 25.0. The molecule has 0 radical (unpaired) electrons. The Morgan fingerprint density at radius 3 is 2.45 bits per heavy atom. The van der Waals surface area contributed by atoms with E-state index < -0.39 is 0 Å². The van der Waals surface area contributed by atoms with Gasteiger partial charge in [-0.25, -0.2) is 5.43 Å². The SMILES string of the molecule is O=C(COc1ccc(C2SCCS2)cc1)N/N=C\c1cccc(Oc2ccccc2)c1. The highest BCUT2D eigenvalue weighted by Gasteiger charge is 2.17. The van der Waals surface area contributed by atoms with Crippen LogP contribution in [0.4, 0.5) is 0 Å². The fourth-order valence-electron chi connectivity index (χ4n) is 2.91. The Hall–Kier alpha value is -2.90. The van der Waals surface area contributed by atoms with E-state index in [-0.39, 0.29) is 12.5 Å². The molecule has 1 N–H and O–H groups in total. The Labute approximate surface area is 190 Å². The number of carbonyl (C=O) groups excluding carboxylic acids is 1.